The molecule has 0 rings (SSSR count). The molecule has 4 nitrogen and oxygen atoms in total. The van der Waals surface area contributed by atoms with Gasteiger partial charge in [0.25, 0.3) is 0 Å². The van der Waals surface area contributed by atoms with Gasteiger partial charge < -0.3 is 18.9 Å². The van der Waals surface area contributed by atoms with E-state index >= 15 is 0 Å². The first-order chi connectivity index (χ1) is 9.45. The van der Waals surface area contributed by atoms with Gasteiger partial charge in [0.05, 0.1) is 0 Å². The Bertz CT molecular complexity index is 272. The molecule has 0 radical (unpaired) electrons. The maximum Gasteiger partial charge on any atom is 0.175 e. The van der Waals surface area contributed by atoms with Crippen LogP contribution in [-0.4, -0.2) is 56.3 Å². The highest BCUT2D eigenvalue weighted by molar-refractivity contribution is 6.55. The second kappa shape index (κ2) is 10.5. The van der Waals surface area contributed by atoms with Gasteiger partial charge >= 0.3 is 0 Å². The molecule has 0 aliphatic carbocycles. The second-order valence-corrected chi connectivity index (χ2v) is 8.69. The number of hydrogen-bond acceptors (Lipinski definition) is 4. The van der Waals surface area contributed by atoms with Crippen LogP contribution in [0.4, 0.5) is 0 Å². The summed E-state index contributed by atoms with van der Waals surface area (Å²) in [5, 5.41) is 0. The van der Waals surface area contributed by atoms with Crippen molar-refractivity contribution in [1.29, 1.82) is 0 Å². The van der Waals surface area contributed by atoms with Crippen LogP contribution in [0.15, 0.2) is 0 Å². The van der Waals surface area contributed by atoms with E-state index in [4.69, 9.17) is 18.9 Å². The lowest BCUT2D eigenvalue weighted by Crippen LogP contribution is -2.40. The van der Waals surface area contributed by atoms with E-state index in [2.05, 4.69) is 11.1 Å². The van der Waals surface area contributed by atoms with E-state index in [-0.39, 0.29) is 0 Å². The van der Waals surface area contributed by atoms with Crippen molar-refractivity contribution in [2.75, 3.05) is 26.4 Å². The first kappa shape index (κ1) is 19.8. The lowest BCUT2D eigenvalue weighted by Gasteiger charge is -2.28. The van der Waals surface area contributed by atoms with Crippen molar-refractivity contribution in [3.8, 4) is 11.1 Å². The lowest BCUT2D eigenvalue weighted by atomic mass is 10.7. The molecule has 0 aromatic rings. The van der Waals surface area contributed by atoms with Gasteiger partial charge in [-0.3, -0.25) is 0 Å². The maximum atomic E-state index is 5.69. The molecule has 0 aliphatic rings. The van der Waals surface area contributed by atoms with Crippen LogP contribution in [0.1, 0.15) is 41.5 Å². The Morgan fingerprint density at radius 1 is 0.650 bits per heavy atom. The third kappa shape index (κ3) is 8.19. The van der Waals surface area contributed by atoms with Gasteiger partial charge in [-0.2, -0.15) is 0 Å². The van der Waals surface area contributed by atoms with Crippen LogP contribution in [0.5, 0.6) is 0 Å². The molecule has 20 heavy (non-hydrogen) atoms. The van der Waals surface area contributed by atoms with Crippen molar-refractivity contribution in [1.82, 2.24) is 0 Å². The molecule has 0 aliphatic heterocycles. The minimum Gasteiger partial charge on any atom is -0.354 e. The average Bonchev–Trinajstić information content (AvgIpc) is 2.36. The molecule has 0 aromatic carbocycles. The molecule has 118 valence electrons. The molecule has 0 spiro atoms. The first-order valence-corrected chi connectivity index (χ1v) is 10.3. The third-order valence-corrected chi connectivity index (χ3v) is 6.20. The Kier molecular flexibility index (Phi) is 10.5. The molecule has 0 amide bonds. The van der Waals surface area contributed by atoms with Gasteiger partial charge in [-0.25, -0.2) is 0 Å². The van der Waals surface area contributed by atoms with Crippen molar-refractivity contribution < 1.29 is 18.9 Å². The third-order valence-electron chi connectivity index (χ3n) is 2.74. The maximum absolute atomic E-state index is 5.69. The Morgan fingerprint density at radius 2 is 0.900 bits per heavy atom. The molecule has 0 saturated heterocycles. The number of rotatable bonds is 10. The summed E-state index contributed by atoms with van der Waals surface area (Å²) in [5.41, 5.74) is 5.67. The largest absolute Gasteiger partial charge is 0.354 e. The van der Waals surface area contributed by atoms with Crippen LogP contribution in [0.2, 0.25) is 0 Å². The number of ether oxygens (including phenoxy) is 4. The van der Waals surface area contributed by atoms with Crippen molar-refractivity contribution in [2.24, 2.45) is 0 Å². The zero-order chi connectivity index (χ0) is 15.5. The summed E-state index contributed by atoms with van der Waals surface area (Å²) >= 11 is 0. The monoisotopic (exact) mass is 318 g/mol. The van der Waals surface area contributed by atoms with E-state index < -0.39 is 29.9 Å². The summed E-state index contributed by atoms with van der Waals surface area (Å²) in [5.74, 6) is 0. The summed E-state index contributed by atoms with van der Waals surface area (Å²) in [6.45, 7) is 14.5. The van der Waals surface area contributed by atoms with E-state index in [1.165, 1.54) is 0 Å². The highest BCUT2D eigenvalue weighted by atomic mass is 28.2. The SMILES string of the molecule is CCOC(C)(OCC)[SiH2]C#C[SiH2]C(C)(OCC)OCC. The zero-order valence-electron chi connectivity index (χ0n) is 13.9. The Labute approximate surface area is 128 Å². The standard InChI is InChI=1S/C14H30O4Si2/c1-7-15-13(5,16-8-2)19-11-12-20-14(6,17-9-3)18-10-4/h7-10,19-20H2,1-6H3. The van der Waals surface area contributed by atoms with Gasteiger partial charge in [-0.05, 0) is 41.5 Å². The van der Waals surface area contributed by atoms with E-state index in [9.17, 15) is 0 Å². The van der Waals surface area contributed by atoms with Gasteiger partial charge in [-0.15, -0.1) is 11.1 Å². The van der Waals surface area contributed by atoms with Crippen molar-refractivity contribution in [2.45, 2.75) is 52.4 Å². The smallest absolute Gasteiger partial charge is 0.175 e. The topological polar surface area (TPSA) is 36.9 Å². The Hall–Kier alpha value is -0.166. The minimum absolute atomic E-state index is 0.474. The molecule has 0 fully saturated rings. The Morgan fingerprint density at radius 3 is 1.10 bits per heavy atom. The Balaban J connectivity index is 4.48. The molecule has 0 atom stereocenters. The molecule has 0 aromatic heterocycles. The molecule has 0 bridgehead atoms. The second-order valence-electron chi connectivity index (χ2n) is 4.71. The van der Waals surface area contributed by atoms with Gasteiger partial charge in [-0.1, -0.05) is 0 Å². The van der Waals surface area contributed by atoms with Crippen molar-refractivity contribution >= 4 is 19.0 Å². The predicted octanol–water partition coefficient (Wildman–Crippen LogP) is 0.736. The molecule has 0 heterocycles. The normalized spacial score (nSPS) is 13.3. The molecule has 6 heteroatoms. The van der Waals surface area contributed by atoms with Gasteiger partial charge in [0, 0.05) is 26.4 Å². The van der Waals surface area contributed by atoms with Crippen LogP contribution >= 0.6 is 0 Å². The quantitative estimate of drug-likeness (QED) is 0.338. The van der Waals surface area contributed by atoms with Crippen molar-refractivity contribution in [3.05, 3.63) is 0 Å². The first-order valence-electron chi connectivity index (χ1n) is 7.46. The summed E-state index contributed by atoms with van der Waals surface area (Å²) in [6.07, 6.45) is 0. The zero-order valence-corrected chi connectivity index (χ0v) is 16.7. The highest BCUT2D eigenvalue weighted by Crippen LogP contribution is 2.11. The highest BCUT2D eigenvalue weighted by Gasteiger charge is 2.26. The summed E-state index contributed by atoms with van der Waals surface area (Å²) < 4.78 is 22.7. The lowest BCUT2D eigenvalue weighted by molar-refractivity contribution is -0.162. The molecular formula is C14H30O4Si2. The van der Waals surface area contributed by atoms with Crippen LogP contribution in [0.25, 0.3) is 0 Å². The predicted molar refractivity (Wildman–Crippen MR) is 88.2 cm³/mol. The summed E-state index contributed by atoms with van der Waals surface area (Å²) in [4.78, 5) is 0. The van der Waals surface area contributed by atoms with Crippen molar-refractivity contribution in [3.63, 3.8) is 0 Å². The van der Waals surface area contributed by atoms with E-state index in [0.717, 1.165) is 0 Å². The van der Waals surface area contributed by atoms with Gasteiger partial charge in [0.2, 0.25) is 0 Å². The van der Waals surface area contributed by atoms with Gasteiger partial charge in [0.15, 0.2) is 29.9 Å². The van der Waals surface area contributed by atoms with E-state index in [1.54, 1.807) is 0 Å². The fourth-order valence-corrected chi connectivity index (χ4v) is 4.82. The molecule has 0 unspecified atom stereocenters. The minimum atomic E-state index is -0.772. The van der Waals surface area contributed by atoms with E-state index in [0.29, 0.717) is 26.4 Å². The summed E-state index contributed by atoms with van der Waals surface area (Å²) in [6, 6.07) is 0. The summed E-state index contributed by atoms with van der Waals surface area (Å²) in [7, 11) is -1.54. The van der Waals surface area contributed by atoms with Crippen LogP contribution in [0, 0.1) is 11.1 Å². The van der Waals surface area contributed by atoms with E-state index in [1.807, 2.05) is 41.5 Å². The molecule has 0 saturated carbocycles. The molecule has 0 N–H and O–H groups in total. The average molecular weight is 319 g/mol. The fraction of sp³-hybridized carbons (Fsp3) is 0.857. The fourth-order valence-electron chi connectivity index (χ4n) is 1.95. The number of hydrogen-bond donors (Lipinski definition) is 0. The van der Waals surface area contributed by atoms with Crippen LogP contribution in [0.3, 0.4) is 0 Å². The van der Waals surface area contributed by atoms with Crippen LogP contribution < -0.4 is 0 Å². The van der Waals surface area contributed by atoms with Crippen LogP contribution in [-0.2, 0) is 18.9 Å². The molecular weight excluding hydrogens is 288 g/mol. The van der Waals surface area contributed by atoms with Gasteiger partial charge in [0.1, 0.15) is 0 Å².